The topological polar surface area (TPSA) is 38.2 Å². The second-order valence-electron chi connectivity index (χ2n) is 5.42. The van der Waals surface area contributed by atoms with E-state index in [4.69, 9.17) is 16.3 Å². The number of hydrogen-bond acceptors (Lipinski definition) is 4. The quantitative estimate of drug-likeness (QED) is 0.795. The average molecular weight is 282 g/mol. The summed E-state index contributed by atoms with van der Waals surface area (Å²) in [5.41, 5.74) is 0. The van der Waals surface area contributed by atoms with Crippen LogP contribution in [0.3, 0.4) is 0 Å². The zero-order valence-corrected chi connectivity index (χ0v) is 12.0. The molecule has 0 N–H and O–H groups in total. The van der Waals surface area contributed by atoms with Crippen molar-refractivity contribution in [2.75, 3.05) is 11.5 Å². The van der Waals surface area contributed by atoms with E-state index in [9.17, 15) is 0 Å². The molecule has 0 aliphatic carbocycles. The Morgan fingerprint density at radius 1 is 1.32 bits per heavy atom. The van der Waals surface area contributed by atoms with Gasteiger partial charge in [-0.25, -0.2) is 9.97 Å². The molecule has 0 amide bonds. The third-order valence-electron chi connectivity index (χ3n) is 4.02. The van der Waals surface area contributed by atoms with Crippen LogP contribution in [-0.4, -0.2) is 34.0 Å². The number of piperidine rings is 1. The Morgan fingerprint density at radius 2 is 2.05 bits per heavy atom. The minimum atomic E-state index is 0.325. The molecule has 2 saturated heterocycles. The summed E-state index contributed by atoms with van der Waals surface area (Å²) in [5.74, 6) is 1.68. The number of aromatic nitrogens is 2. The highest BCUT2D eigenvalue weighted by atomic mass is 35.5. The Bertz CT molecular complexity index is 428. The van der Waals surface area contributed by atoms with Gasteiger partial charge in [-0.15, -0.1) is 11.6 Å². The highest BCUT2D eigenvalue weighted by molar-refractivity contribution is 6.20. The number of hydrogen-bond donors (Lipinski definition) is 0. The summed E-state index contributed by atoms with van der Waals surface area (Å²) < 4.78 is 5.59. The molecule has 2 unspecified atom stereocenters. The molecule has 2 aliphatic rings. The summed E-state index contributed by atoms with van der Waals surface area (Å²) in [6.07, 6.45) is 7.17. The first kappa shape index (κ1) is 13.0. The van der Waals surface area contributed by atoms with Crippen LogP contribution in [0, 0.1) is 0 Å². The van der Waals surface area contributed by atoms with Crippen molar-refractivity contribution in [2.24, 2.45) is 0 Å². The Hall–Kier alpha value is -1.03. The van der Waals surface area contributed by atoms with E-state index in [2.05, 4.69) is 21.8 Å². The molecule has 104 valence electrons. The van der Waals surface area contributed by atoms with Crippen LogP contribution in [0.5, 0.6) is 5.88 Å². The minimum Gasteiger partial charge on any atom is -0.478 e. The fraction of sp³-hybridized carbons (Fsp3) is 0.714. The van der Waals surface area contributed by atoms with Crippen molar-refractivity contribution >= 4 is 17.4 Å². The van der Waals surface area contributed by atoms with Gasteiger partial charge in [-0.05, 0) is 32.1 Å². The Balaban J connectivity index is 1.79. The molecule has 3 rings (SSSR count). The second-order valence-corrected chi connectivity index (χ2v) is 6.04. The van der Waals surface area contributed by atoms with Crippen molar-refractivity contribution in [2.45, 2.75) is 56.5 Å². The molecule has 4 nitrogen and oxygen atoms in total. The molecule has 0 aromatic carbocycles. The maximum absolute atomic E-state index is 6.31. The zero-order chi connectivity index (χ0) is 13.2. The lowest BCUT2D eigenvalue weighted by Crippen LogP contribution is -2.43. The summed E-state index contributed by atoms with van der Waals surface area (Å²) in [4.78, 5) is 11.0. The van der Waals surface area contributed by atoms with Crippen molar-refractivity contribution in [1.82, 2.24) is 9.97 Å². The molecule has 2 bridgehead atoms. The number of halogens is 1. The minimum absolute atomic E-state index is 0.325. The van der Waals surface area contributed by atoms with Crippen molar-refractivity contribution in [3.63, 3.8) is 0 Å². The summed E-state index contributed by atoms with van der Waals surface area (Å²) in [6, 6.07) is 3.04. The highest BCUT2D eigenvalue weighted by Crippen LogP contribution is 2.40. The predicted octanol–water partition coefficient (Wildman–Crippen LogP) is 3.00. The summed E-state index contributed by atoms with van der Waals surface area (Å²) >= 11 is 6.31. The summed E-state index contributed by atoms with van der Waals surface area (Å²) in [7, 11) is 0. The Labute approximate surface area is 119 Å². The third kappa shape index (κ3) is 2.64. The van der Waals surface area contributed by atoms with Crippen molar-refractivity contribution in [3.05, 3.63) is 12.4 Å². The van der Waals surface area contributed by atoms with Crippen LogP contribution in [-0.2, 0) is 0 Å². The predicted molar refractivity (Wildman–Crippen MR) is 76.0 cm³/mol. The van der Waals surface area contributed by atoms with E-state index in [0.717, 1.165) is 25.1 Å². The van der Waals surface area contributed by atoms with Crippen molar-refractivity contribution in [1.29, 1.82) is 0 Å². The lowest BCUT2D eigenvalue weighted by atomic mass is 10.0. The second kappa shape index (κ2) is 5.53. The number of fused-ring (bicyclic) bond motifs is 2. The van der Waals surface area contributed by atoms with Crippen LogP contribution in [0.4, 0.5) is 5.82 Å². The van der Waals surface area contributed by atoms with Crippen LogP contribution in [0.25, 0.3) is 0 Å². The van der Waals surface area contributed by atoms with Gasteiger partial charge in [0.05, 0.1) is 6.61 Å². The molecule has 5 heteroatoms. The smallest absolute Gasteiger partial charge is 0.218 e. The fourth-order valence-corrected chi connectivity index (χ4v) is 3.65. The number of anilines is 1. The molecular formula is C14H20ClN3O. The van der Waals surface area contributed by atoms with Crippen molar-refractivity contribution < 1.29 is 4.74 Å². The summed E-state index contributed by atoms with van der Waals surface area (Å²) in [6.45, 7) is 2.79. The number of ether oxygens (including phenoxy) is 1. The maximum atomic E-state index is 6.31. The van der Waals surface area contributed by atoms with Gasteiger partial charge in [-0.3, -0.25) is 0 Å². The van der Waals surface area contributed by atoms with Crippen LogP contribution in [0.15, 0.2) is 12.4 Å². The van der Waals surface area contributed by atoms with Crippen LogP contribution in [0.1, 0.15) is 39.0 Å². The number of rotatable bonds is 4. The van der Waals surface area contributed by atoms with Gasteiger partial charge < -0.3 is 9.64 Å². The Kier molecular flexibility index (Phi) is 3.78. The van der Waals surface area contributed by atoms with Gasteiger partial charge in [0.1, 0.15) is 12.1 Å². The molecule has 1 aromatic rings. The highest BCUT2D eigenvalue weighted by Gasteiger charge is 2.40. The van der Waals surface area contributed by atoms with E-state index < -0.39 is 0 Å². The maximum Gasteiger partial charge on any atom is 0.218 e. The molecular weight excluding hydrogens is 262 g/mol. The molecule has 2 fully saturated rings. The van der Waals surface area contributed by atoms with E-state index in [0.29, 0.717) is 29.9 Å². The molecule has 0 spiro atoms. The van der Waals surface area contributed by atoms with Crippen LogP contribution >= 0.6 is 11.6 Å². The van der Waals surface area contributed by atoms with E-state index in [1.54, 1.807) is 6.33 Å². The molecule has 19 heavy (non-hydrogen) atoms. The molecule has 2 atom stereocenters. The SMILES string of the molecule is CCCOc1cc(N2C3CCC2CC(Cl)C3)ncn1. The first-order valence-electron chi connectivity index (χ1n) is 7.15. The van der Waals surface area contributed by atoms with E-state index in [1.807, 2.05) is 6.07 Å². The van der Waals surface area contributed by atoms with Gasteiger partial charge >= 0.3 is 0 Å². The van der Waals surface area contributed by atoms with Gasteiger partial charge in [0.2, 0.25) is 5.88 Å². The molecule has 0 radical (unpaired) electrons. The van der Waals surface area contributed by atoms with E-state index in [-0.39, 0.29) is 0 Å². The first-order valence-corrected chi connectivity index (χ1v) is 7.59. The monoisotopic (exact) mass is 281 g/mol. The van der Waals surface area contributed by atoms with Gasteiger partial charge in [0, 0.05) is 23.5 Å². The van der Waals surface area contributed by atoms with Crippen LogP contribution in [0.2, 0.25) is 0 Å². The van der Waals surface area contributed by atoms with Gasteiger partial charge in [0.15, 0.2) is 0 Å². The van der Waals surface area contributed by atoms with Gasteiger partial charge in [0.25, 0.3) is 0 Å². The lowest BCUT2D eigenvalue weighted by molar-refractivity contribution is 0.304. The molecule has 0 saturated carbocycles. The summed E-state index contributed by atoms with van der Waals surface area (Å²) in [5, 5.41) is 0.325. The van der Waals surface area contributed by atoms with Crippen LogP contribution < -0.4 is 9.64 Å². The van der Waals surface area contributed by atoms with Crippen molar-refractivity contribution in [3.8, 4) is 5.88 Å². The lowest BCUT2D eigenvalue weighted by Gasteiger charge is -2.37. The molecule has 2 aliphatic heterocycles. The molecule has 3 heterocycles. The normalized spacial score (nSPS) is 29.6. The standard InChI is InChI=1S/C14H20ClN3O/c1-2-5-19-14-8-13(16-9-17-14)18-11-3-4-12(18)7-10(15)6-11/h8-12H,2-7H2,1H3. The average Bonchev–Trinajstić information content (AvgIpc) is 2.69. The third-order valence-corrected chi connectivity index (χ3v) is 4.38. The number of nitrogens with zero attached hydrogens (tertiary/aromatic N) is 3. The fourth-order valence-electron chi connectivity index (χ4n) is 3.24. The molecule has 1 aromatic heterocycles. The number of alkyl halides is 1. The van der Waals surface area contributed by atoms with Gasteiger partial charge in [-0.1, -0.05) is 6.92 Å². The Morgan fingerprint density at radius 3 is 2.74 bits per heavy atom. The largest absolute Gasteiger partial charge is 0.478 e. The van der Waals surface area contributed by atoms with Gasteiger partial charge in [-0.2, -0.15) is 0 Å². The first-order chi connectivity index (χ1) is 9.28. The van der Waals surface area contributed by atoms with E-state index >= 15 is 0 Å². The zero-order valence-electron chi connectivity index (χ0n) is 11.3. The van der Waals surface area contributed by atoms with E-state index in [1.165, 1.54) is 12.8 Å².